The molecule has 0 radical (unpaired) electrons. The van der Waals surface area contributed by atoms with Gasteiger partial charge in [-0.3, -0.25) is 4.90 Å². The van der Waals surface area contributed by atoms with Gasteiger partial charge in [-0.25, -0.2) is 0 Å². The summed E-state index contributed by atoms with van der Waals surface area (Å²) in [5.41, 5.74) is 2.48. The smallest absolute Gasteiger partial charge is 0.161 e. The van der Waals surface area contributed by atoms with E-state index in [9.17, 15) is 0 Å². The average Bonchev–Trinajstić information content (AvgIpc) is 3.23. The van der Waals surface area contributed by atoms with Gasteiger partial charge >= 0.3 is 0 Å². The SMILES string of the molecule is COc1c(Nc2ccc(CN3CCCC3)cc2)sc2ccccc12. The van der Waals surface area contributed by atoms with E-state index in [0.717, 1.165) is 28.4 Å². The van der Waals surface area contributed by atoms with Gasteiger partial charge in [-0.1, -0.05) is 24.3 Å². The van der Waals surface area contributed by atoms with Gasteiger partial charge in [0.1, 0.15) is 5.00 Å². The lowest BCUT2D eigenvalue weighted by Gasteiger charge is -2.15. The fourth-order valence-corrected chi connectivity index (χ4v) is 4.42. The molecule has 124 valence electrons. The third-order valence-electron chi connectivity index (χ3n) is 4.57. The number of nitrogens with one attached hydrogen (secondary N) is 1. The van der Waals surface area contributed by atoms with Crippen molar-refractivity contribution in [3.63, 3.8) is 0 Å². The Kier molecular flexibility index (Phi) is 4.41. The summed E-state index contributed by atoms with van der Waals surface area (Å²) in [6.07, 6.45) is 2.68. The summed E-state index contributed by atoms with van der Waals surface area (Å²) in [6.45, 7) is 3.53. The highest BCUT2D eigenvalue weighted by Gasteiger charge is 2.13. The number of rotatable bonds is 5. The zero-order valence-electron chi connectivity index (χ0n) is 13.9. The highest BCUT2D eigenvalue weighted by Crippen LogP contribution is 2.43. The third kappa shape index (κ3) is 3.12. The number of fused-ring (bicyclic) bond motifs is 1. The van der Waals surface area contributed by atoms with Crippen LogP contribution in [0.15, 0.2) is 48.5 Å². The van der Waals surface area contributed by atoms with Crippen LogP contribution in [0, 0.1) is 0 Å². The van der Waals surface area contributed by atoms with Crippen molar-refractivity contribution in [2.75, 3.05) is 25.5 Å². The summed E-state index contributed by atoms with van der Waals surface area (Å²) in [5.74, 6) is 0.928. The first-order chi connectivity index (χ1) is 11.8. The molecular formula is C20H22N2OS. The molecule has 0 amide bonds. The van der Waals surface area contributed by atoms with Crippen molar-refractivity contribution in [1.82, 2.24) is 4.90 Å². The monoisotopic (exact) mass is 338 g/mol. The Morgan fingerprint density at radius 2 is 1.79 bits per heavy atom. The van der Waals surface area contributed by atoms with Crippen molar-refractivity contribution in [1.29, 1.82) is 0 Å². The predicted molar refractivity (Wildman–Crippen MR) is 103 cm³/mol. The molecule has 0 aliphatic carbocycles. The molecule has 1 saturated heterocycles. The van der Waals surface area contributed by atoms with Crippen LogP contribution in [0.5, 0.6) is 5.75 Å². The second kappa shape index (κ2) is 6.83. The summed E-state index contributed by atoms with van der Waals surface area (Å²) < 4.78 is 6.86. The first-order valence-electron chi connectivity index (χ1n) is 8.47. The van der Waals surface area contributed by atoms with Gasteiger partial charge in [0.2, 0.25) is 0 Å². The minimum atomic E-state index is 0.928. The van der Waals surface area contributed by atoms with Crippen molar-refractivity contribution in [2.45, 2.75) is 19.4 Å². The number of nitrogens with zero attached hydrogens (tertiary/aromatic N) is 1. The van der Waals surface area contributed by atoms with Crippen molar-refractivity contribution in [2.24, 2.45) is 0 Å². The molecule has 4 rings (SSSR count). The van der Waals surface area contributed by atoms with E-state index in [2.05, 4.69) is 58.7 Å². The Bertz CT molecular complexity index is 819. The molecular weight excluding hydrogens is 316 g/mol. The first kappa shape index (κ1) is 15.5. The zero-order chi connectivity index (χ0) is 16.4. The van der Waals surface area contributed by atoms with Gasteiger partial charge in [-0.05, 0) is 55.8 Å². The Hall–Kier alpha value is -2.04. The van der Waals surface area contributed by atoms with Crippen LogP contribution < -0.4 is 10.1 Å². The van der Waals surface area contributed by atoms with E-state index in [1.807, 2.05) is 0 Å². The molecule has 1 aromatic heterocycles. The summed E-state index contributed by atoms with van der Waals surface area (Å²) in [6, 6.07) is 17.1. The molecule has 1 fully saturated rings. The molecule has 0 atom stereocenters. The Labute approximate surface area is 146 Å². The lowest BCUT2D eigenvalue weighted by atomic mass is 10.2. The fourth-order valence-electron chi connectivity index (χ4n) is 3.33. The van der Waals surface area contributed by atoms with Crippen LogP contribution in [-0.4, -0.2) is 25.1 Å². The highest BCUT2D eigenvalue weighted by atomic mass is 32.1. The Balaban J connectivity index is 1.52. The third-order valence-corrected chi connectivity index (χ3v) is 5.64. The number of thiophene rings is 1. The molecule has 3 nitrogen and oxygen atoms in total. The van der Waals surface area contributed by atoms with Gasteiger partial charge < -0.3 is 10.1 Å². The maximum atomic E-state index is 5.62. The largest absolute Gasteiger partial charge is 0.493 e. The van der Waals surface area contributed by atoms with Crippen molar-refractivity contribution < 1.29 is 4.74 Å². The van der Waals surface area contributed by atoms with Gasteiger partial charge in [0.15, 0.2) is 5.75 Å². The highest BCUT2D eigenvalue weighted by molar-refractivity contribution is 7.23. The average molecular weight is 338 g/mol. The van der Waals surface area contributed by atoms with Gasteiger partial charge in [-0.15, -0.1) is 11.3 Å². The van der Waals surface area contributed by atoms with Crippen molar-refractivity contribution in [3.05, 3.63) is 54.1 Å². The lowest BCUT2D eigenvalue weighted by Crippen LogP contribution is -2.18. The first-order valence-corrected chi connectivity index (χ1v) is 9.29. The lowest BCUT2D eigenvalue weighted by molar-refractivity contribution is 0.331. The molecule has 2 heterocycles. The Morgan fingerprint density at radius 1 is 1.04 bits per heavy atom. The summed E-state index contributed by atoms with van der Waals surface area (Å²) in [7, 11) is 1.73. The normalized spacial score (nSPS) is 15.0. The maximum absolute atomic E-state index is 5.62. The van der Waals surface area contributed by atoms with Crippen molar-refractivity contribution in [3.8, 4) is 5.75 Å². The van der Waals surface area contributed by atoms with Crippen LogP contribution in [0.3, 0.4) is 0 Å². The van der Waals surface area contributed by atoms with Crippen LogP contribution in [0.4, 0.5) is 10.7 Å². The Morgan fingerprint density at radius 3 is 2.54 bits per heavy atom. The molecule has 1 aliphatic heterocycles. The molecule has 0 unspecified atom stereocenters. The number of hydrogen-bond acceptors (Lipinski definition) is 4. The van der Waals surface area contributed by atoms with Crippen molar-refractivity contribution >= 4 is 32.1 Å². The quantitative estimate of drug-likeness (QED) is 0.688. The molecule has 0 bridgehead atoms. The zero-order valence-corrected chi connectivity index (χ0v) is 14.7. The van der Waals surface area contributed by atoms with Gasteiger partial charge in [-0.2, -0.15) is 0 Å². The molecule has 1 aliphatic rings. The second-order valence-corrected chi connectivity index (χ2v) is 7.32. The number of likely N-dealkylation sites (tertiary alicyclic amines) is 1. The molecule has 0 spiro atoms. The van der Waals surface area contributed by atoms with E-state index in [0.29, 0.717) is 0 Å². The van der Waals surface area contributed by atoms with E-state index >= 15 is 0 Å². The van der Waals surface area contributed by atoms with E-state index in [1.165, 1.54) is 36.2 Å². The molecule has 24 heavy (non-hydrogen) atoms. The molecule has 0 saturated carbocycles. The number of methoxy groups -OCH3 is 1. The topological polar surface area (TPSA) is 24.5 Å². The van der Waals surface area contributed by atoms with E-state index in [1.54, 1.807) is 18.4 Å². The standard InChI is InChI=1S/C20H22N2OS/c1-23-19-17-6-2-3-7-18(17)24-20(19)21-16-10-8-15(9-11-16)14-22-12-4-5-13-22/h2-3,6-11,21H,4-5,12-14H2,1H3. The van der Waals surface area contributed by atoms with Gasteiger partial charge in [0.05, 0.1) is 7.11 Å². The van der Waals surface area contributed by atoms with E-state index < -0.39 is 0 Å². The number of benzene rings is 2. The van der Waals surface area contributed by atoms with Crippen LogP contribution in [0.2, 0.25) is 0 Å². The fraction of sp³-hybridized carbons (Fsp3) is 0.300. The van der Waals surface area contributed by atoms with Crippen LogP contribution in [0.25, 0.3) is 10.1 Å². The minimum absolute atomic E-state index is 0.928. The van der Waals surface area contributed by atoms with Gasteiger partial charge in [0, 0.05) is 22.3 Å². The van der Waals surface area contributed by atoms with Gasteiger partial charge in [0.25, 0.3) is 0 Å². The predicted octanol–water partition coefficient (Wildman–Crippen LogP) is 5.25. The molecule has 1 N–H and O–H groups in total. The number of ether oxygens (including phenoxy) is 1. The second-order valence-electron chi connectivity index (χ2n) is 6.27. The van der Waals surface area contributed by atoms with Crippen LogP contribution in [0.1, 0.15) is 18.4 Å². The molecule has 4 heteroatoms. The minimum Gasteiger partial charge on any atom is -0.493 e. The molecule has 2 aromatic carbocycles. The van der Waals surface area contributed by atoms with E-state index in [-0.39, 0.29) is 0 Å². The summed E-state index contributed by atoms with van der Waals surface area (Å²) >= 11 is 1.73. The van der Waals surface area contributed by atoms with Crippen LogP contribution >= 0.6 is 11.3 Å². The van der Waals surface area contributed by atoms with E-state index in [4.69, 9.17) is 4.74 Å². The molecule has 3 aromatic rings. The number of anilines is 2. The summed E-state index contributed by atoms with van der Waals surface area (Å²) in [5, 5.41) is 5.74. The maximum Gasteiger partial charge on any atom is 0.161 e. The summed E-state index contributed by atoms with van der Waals surface area (Å²) in [4.78, 5) is 2.53. The van der Waals surface area contributed by atoms with Crippen LogP contribution in [-0.2, 0) is 6.54 Å². The number of hydrogen-bond donors (Lipinski definition) is 1.